The van der Waals surface area contributed by atoms with E-state index in [1.54, 1.807) is 0 Å². The molecule has 2 aliphatic rings. The summed E-state index contributed by atoms with van der Waals surface area (Å²) in [6.45, 7) is 4.35. The second-order valence-corrected chi connectivity index (χ2v) is 5.47. The highest BCUT2D eigenvalue weighted by molar-refractivity contribution is 5.39. The van der Waals surface area contributed by atoms with E-state index in [4.69, 9.17) is 4.74 Å². The summed E-state index contributed by atoms with van der Waals surface area (Å²) in [5, 5.41) is 9.26. The third-order valence-corrected chi connectivity index (χ3v) is 4.02. The van der Waals surface area contributed by atoms with Gasteiger partial charge in [0, 0.05) is 26.1 Å². The van der Waals surface area contributed by atoms with E-state index in [2.05, 4.69) is 23.1 Å². The topological polar surface area (TPSA) is 32.7 Å². The molecule has 0 radical (unpaired) electrons. The number of aliphatic hydroxyl groups excluding tert-OH is 1. The molecule has 3 nitrogen and oxygen atoms in total. The number of aliphatic hydroxyl groups is 1. The van der Waals surface area contributed by atoms with Crippen LogP contribution in [0, 0.1) is 5.92 Å². The van der Waals surface area contributed by atoms with Gasteiger partial charge in [-0.1, -0.05) is 12.1 Å². The molecular weight excluding hydrogens is 226 g/mol. The molecule has 0 spiro atoms. The lowest BCUT2D eigenvalue weighted by Gasteiger charge is -2.31. The van der Waals surface area contributed by atoms with Gasteiger partial charge in [-0.3, -0.25) is 4.90 Å². The maximum absolute atomic E-state index is 9.26. The van der Waals surface area contributed by atoms with Crippen LogP contribution in [0.1, 0.15) is 24.0 Å². The molecule has 3 heteroatoms. The summed E-state index contributed by atoms with van der Waals surface area (Å²) in [6.07, 6.45) is 3.42. The number of likely N-dealkylation sites (tertiary alicyclic amines) is 1. The lowest BCUT2D eigenvalue weighted by atomic mass is 9.98. The zero-order valence-corrected chi connectivity index (χ0v) is 10.8. The zero-order chi connectivity index (χ0) is 12.4. The van der Waals surface area contributed by atoms with Gasteiger partial charge < -0.3 is 9.84 Å². The standard InChI is InChI=1S/C15H21NO2/c17-11-13-2-1-6-16(10-13)9-12-3-4-15-14(8-12)5-7-18-15/h3-4,8,13,17H,1-2,5-7,9-11H2. The van der Waals surface area contributed by atoms with Crippen molar-refractivity contribution in [1.29, 1.82) is 0 Å². The van der Waals surface area contributed by atoms with Gasteiger partial charge in [-0.05, 0) is 42.5 Å². The van der Waals surface area contributed by atoms with E-state index in [1.165, 1.54) is 24.0 Å². The second-order valence-electron chi connectivity index (χ2n) is 5.47. The SMILES string of the molecule is OCC1CCCN(Cc2ccc3c(c2)CCO3)C1. The average Bonchev–Trinajstić information content (AvgIpc) is 2.86. The molecule has 98 valence electrons. The molecule has 18 heavy (non-hydrogen) atoms. The van der Waals surface area contributed by atoms with Crippen LogP contribution in [0.3, 0.4) is 0 Å². The molecule has 1 N–H and O–H groups in total. The van der Waals surface area contributed by atoms with Crippen LogP contribution in [0.4, 0.5) is 0 Å². The first-order valence-electron chi connectivity index (χ1n) is 6.93. The van der Waals surface area contributed by atoms with Crippen LogP contribution < -0.4 is 4.74 Å². The van der Waals surface area contributed by atoms with Crippen molar-refractivity contribution in [2.75, 3.05) is 26.3 Å². The summed E-state index contributed by atoms with van der Waals surface area (Å²) in [5.74, 6) is 1.53. The summed E-state index contributed by atoms with van der Waals surface area (Å²) < 4.78 is 5.53. The van der Waals surface area contributed by atoms with E-state index in [0.29, 0.717) is 12.5 Å². The third kappa shape index (κ3) is 2.52. The first-order chi connectivity index (χ1) is 8.85. The second kappa shape index (κ2) is 5.29. The Kier molecular flexibility index (Phi) is 3.52. The Hall–Kier alpha value is -1.06. The lowest BCUT2D eigenvalue weighted by molar-refractivity contribution is 0.116. The number of piperidine rings is 1. The van der Waals surface area contributed by atoms with Gasteiger partial charge in [-0.25, -0.2) is 0 Å². The highest BCUT2D eigenvalue weighted by Gasteiger charge is 2.20. The molecule has 1 aromatic carbocycles. The maximum Gasteiger partial charge on any atom is 0.122 e. The minimum atomic E-state index is 0.328. The Morgan fingerprint density at radius 2 is 2.33 bits per heavy atom. The van der Waals surface area contributed by atoms with Crippen LogP contribution in [0.2, 0.25) is 0 Å². The predicted octanol–water partition coefficient (Wildman–Crippen LogP) is 1.83. The van der Waals surface area contributed by atoms with Gasteiger partial charge in [0.2, 0.25) is 0 Å². The van der Waals surface area contributed by atoms with E-state index >= 15 is 0 Å². The largest absolute Gasteiger partial charge is 0.493 e. The smallest absolute Gasteiger partial charge is 0.122 e. The minimum absolute atomic E-state index is 0.328. The monoisotopic (exact) mass is 247 g/mol. The molecule has 0 aromatic heterocycles. The van der Waals surface area contributed by atoms with Gasteiger partial charge in [0.15, 0.2) is 0 Å². The van der Waals surface area contributed by atoms with E-state index in [-0.39, 0.29) is 0 Å². The van der Waals surface area contributed by atoms with Crippen LogP contribution in [-0.2, 0) is 13.0 Å². The number of nitrogens with zero attached hydrogens (tertiary/aromatic N) is 1. The van der Waals surface area contributed by atoms with Gasteiger partial charge in [-0.15, -0.1) is 0 Å². The van der Waals surface area contributed by atoms with E-state index in [0.717, 1.165) is 38.4 Å². The molecule has 2 heterocycles. The number of hydrogen-bond donors (Lipinski definition) is 1. The highest BCUT2D eigenvalue weighted by atomic mass is 16.5. The fourth-order valence-electron chi connectivity index (χ4n) is 3.04. The summed E-state index contributed by atoms with van der Waals surface area (Å²) >= 11 is 0. The molecule has 0 amide bonds. The first kappa shape index (κ1) is 12.0. The van der Waals surface area contributed by atoms with Crippen molar-refractivity contribution < 1.29 is 9.84 Å². The van der Waals surface area contributed by atoms with Gasteiger partial charge in [-0.2, -0.15) is 0 Å². The van der Waals surface area contributed by atoms with Crippen molar-refractivity contribution in [2.24, 2.45) is 5.92 Å². The molecule has 1 atom stereocenters. The van der Waals surface area contributed by atoms with Gasteiger partial charge in [0.1, 0.15) is 5.75 Å². The molecule has 1 unspecified atom stereocenters. The predicted molar refractivity (Wildman–Crippen MR) is 70.7 cm³/mol. The Morgan fingerprint density at radius 3 is 3.22 bits per heavy atom. The van der Waals surface area contributed by atoms with Crippen molar-refractivity contribution >= 4 is 0 Å². The molecule has 3 rings (SSSR count). The number of benzene rings is 1. The van der Waals surface area contributed by atoms with Gasteiger partial charge in [0.25, 0.3) is 0 Å². The summed E-state index contributed by atoms with van der Waals surface area (Å²) in [7, 11) is 0. The molecule has 1 aromatic rings. The summed E-state index contributed by atoms with van der Waals surface area (Å²) in [4.78, 5) is 2.46. The molecule has 0 bridgehead atoms. The van der Waals surface area contributed by atoms with Crippen molar-refractivity contribution in [2.45, 2.75) is 25.8 Å². The molecule has 0 saturated carbocycles. The Bertz CT molecular complexity index is 419. The van der Waals surface area contributed by atoms with Crippen LogP contribution in [-0.4, -0.2) is 36.3 Å². The summed E-state index contributed by atoms with van der Waals surface area (Å²) in [5.41, 5.74) is 2.72. The van der Waals surface area contributed by atoms with Crippen molar-refractivity contribution in [3.63, 3.8) is 0 Å². The quantitative estimate of drug-likeness (QED) is 0.884. The Morgan fingerprint density at radius 1 is 1.39 bits per heavy atom. The average molecular weight is 247 g/mol. The lowest BCUT2D eigenvalue weighted by Crippen LogP contribution is -2.36. The molecular formula is C15H21NO2. The van der Waals surface area contributed by atoms with Crippen molar-refractivity contribution in [3.05, 3.63) is 29.3 Å². The fourth-order valence-corrected chi connectivity index (χ4v) is 3.04. The van der Waals surface area contributed by atoms with Crippen molar-refractivity contribution in [1.82, 2.24) is 4.90 Å². The van der Waals surface area contributed by atoms with Gasteiger partial charge in [0.05, 0.1) is 6.61 Å². The van der Waals surface area contributed by atoms with E-state index in [1.807, 2.05) is 0 Å². The van der Waals surface area contributed by atoms with Crippen LogP contribution in [0.5, 0.6) is 5.75 Å². The number of fused-ring (bicyclic) bond motifs is 1. The molecule has 1 saturated heterocycles. The Balaban J connectivity index is 1.65. The first-order valence-corrected chi connectivity index (χ1v) is 6.93. The number of ether oxygens (including phenoxy) is 1. The van der Waals surface area contributed by atoms with Crippen LogP contribution in [0.15, 0.2) is 18.2 Å². The van der Waals surface area contributed by atoms with E-state index < -0.39 is 0 Å². The molecule has 2 aliphatic heterocycles. The number of rotatable bonds is 3. The fraction of sp³-hybridized carbons (Fsp3) is 0.600. The highest BCUT2D eigenvalue weighted by Crippen LogP contribution is 2.27. The Labute approximate surface area is 108 Å². The van der Waals surface area contributed by atoms with Crippen molar-refractivity contribution in [3.8, 4) is 5.75 Å². The molecule has 1 fully saturated rings. The van der Waals surface area contributed by atoms with Crippen LogP contribution >= 0.6 is 0 Å². The minimum Gasteiger partial charge on any atom is -0.493 e. The van der Waals surface area contributed by atoms with E-state index in [9.17, 15) is 5.11 Å². The van der Waals surface area contributed by atoms with Gasteiger partial charge >= 0.3 is 0 Å². The normalized spacial score (nSPS) is 23.7. The maximum atomic E-state index is 9.26. The number of hydrogen-bond acceptors (Lipinski definition) is 3. The summed E-state index contributed by atoms with van der Waals surface area (Å²) in [6, 6.07) is 6.56. The molecule has 0 aliphatic carbocycles. The third-order valence-electron chi connectivity index (χ3n) is 4.02. The van der Waals surface area contributed by atoms with Crippen LogP contribution in [0.25, 0.3) is 0 Å². The zero-order valence-electron chi connectivity index (χ0n) is 10.8.